The van der Waals surface area contributed by atoms with E-state index in [2.05, 4.69) is 0 Å². The van der Waals surface area contributed by atoms with Crippen LogP contribution in [0.1, 0.15) is 57.7 Å². The molecule has 3 aromatic rings. The van der Waals surface area contributed by atoms with Crippen molar-refractivity contribution in [3.05, 3.63) is 89.6 Å². The van der Waals surface area contributed by atoms with Gasteiger partial charge in [0.2, 0.25) is 0 Å². The van der Waals surface area contributed by atoms with Crippen molar-refractivity contribution < 1.29 is 19.1 Å². The number of carbonyl (C=O) groups is 2. The first kappa shape index (κ1) is 27.9. The number of aromatic nitrogens is 1. The molecule has 1 amide bonds. The summed E-state index contributed by atoms with van der Waals surface area (Å²) in [5.74, 6) is -0.342. The average molecular weight is 580 g/mol. The molecule has 208 valence electrons. The monoisotopic (exact) mass is 579 g/mol. The molecule has 2 aliphatic heterocycles. The van der Waals surface area contributed by atoms with Crippen LogP contribution in [0.25, 0.3) is 5.57 Å². The molecule has 2 aliphatic rings. The molecule has 0 unspecified atom stereocenters. The Kier molecular flexibility index (Phi) is 7.70. The fraction of sp³-hybridized carbons (Fsp3) is 0.333. The van der Waals surface area contributed by atoms with Gasteiger partial charge >= 0.3 is 5.97 Å². The number of para-hydroxylation sites is 1. The van der Waals surface area contributed by atoms with E-state index in [-0.39, 0.29) is 28.7 Å². The molecule has 0 radical (unpaired) electrons. The summed E-state index contributed by atoms with van der Waals surface area (Å²) in [5.41, 5.74) is 2.70. The van der Waals surface area contributed by atoms with Crippen molar-refractivity contribution in [3.8, 4) is 5.75 Å². The number of thiazole rings is 1. The fourth-order valence-corrected chi connectivity index (χ4v) is 6.65. The number of allylic oxidation sites excluding steroid dienone is 1. The summed E-state index contributed by atoms with van der Waals surface area (Å²) in [5, 5.41) is 0.422. The highest BCUT2D eigenvalue weighted by Gasteiger charge is 2.39. The van der Waals surface area contributed by atoms with Gasteiger partial charge in [-0.25, -0.2) is 9.79 Å². The van der Waals surface area contributed by atoms with Crippen LogP contribution in [0.3, 0.4) is 0 Å². The molecular formula is C30H30ClN3O5S. The molecular weight excluding hydrogens is 550 g/mol. The third-order valence-electron chi connectivity index (χ3n) is 6.96. The van der Waals surface area contributed by atoms with Gasteiger partial charge in [0.05, 0.1) is 36.2 Å². The van der Waals surface area contributed by atoms with Crippen molar-refractivity contribution in [1.82, 2.24) is 4.57 Å². The molecule has 1 atom stereocenters. The molecule has 2 aromatic carbocycles. The maximum Gasteiger partial charge on any atom is 0.338 e. The van der Waals surface area contributed by atoms with E-state index >= 15 is 0 Å². The maximum absolute atomic E-state index is 14.4. The van der Waals surface area contributed by atoms with Gasteiger partial charge < -0.3 is 14.4 Å². The maximum atomic E-state index is 14.4. The number of benzene rings is 2. The molecule has 0 bridgehead atoms. The van der Waals surface area contributed by atoms with E-state index in [0.29, 0.717) is 44.4 Å². The van der Waals surface area contributed by atoms with E-state index < -0.39 is 17.6 Å². The van der Waals surface area contributed by atoms with Gasteiger partial charge in [0.15, 0.2) is 4.80 Å². The molecule has 0 N–H and O–H groups in total. The Balaban J connectivity index is 1.89. The van der Waals surface area contributed by atoms with Crippen molar-refractivity contribution in [2.24, 2.45) is 4.99 Å². The molecule has 0 fully saturated rings. The van der Waals surface area contributed by atoms with Gasteiger partial charge in [0.25, 0.3) is 11.5 Å². The first-order valence-corrected chi connectivity index (χ1v) is 14.4. The van der Waals surface area contributed by atoms with Gasteiger partial charge in [-0.3, -0.25) is 14.2 Å². The molecule has 0 saturated carbocycles. The lowest BCUT2D eigenvalue weighted by molar-refractivity contribution is -0.139. The lowest BCUT2D eigenvalue weighted by Gasteiger charge is -2.27. The zero-order valence-corrected chi connectivity index (χ0v) is 24.6. The summed E-state index contributed by atoms with van der Waals surface area (Å²) in [6, 6.07) is 11.5. The quantitative estimate of drug-likeness (QED) is 0.388. The topological polar surface area (TPSA) is 90.2 Å². The summed E-state index contributed by atoms with van der Waals surface area (Å²) < 4.78 is 12.9. The van der Waals surface area contributed by atoms with E-state index in [4.69, 9.17) is 26.1 Å². The van der Waals surface area contributed by atoms with Gasteiger partial charge in [-0.05, 0) is 51.5 Å². The summed E-state index contributed by atoms with van der Waals surface area (Å²) in [7, 11) is 1.52. The van der Waals surface area contributed by atoms with Gasteiger partial charge in [-0.1, -0.05) is 54.5 Å². The Morgan fingerprint density at radius 3 is 2.58 bits per heavy atom. The lowest BCUT2D eigenvalue weighted by atomic mass is 9.93. The van der Waals surface area contributed by atoms with Crippen LogP contribution in [-0.4, -0.2) is 36.2 Å². The number of halogens is 1. The van der Waals surface area contributed by atoms with Crippen LogP contribution < -0.4 is 24.5 Å². The summed E-state index contributed by atoms with van der Waals surface area (Å²) >= 11 is 7.58. The minimum atomic E-state index is -0.909. The zero-order chi connectivity index (χ0) is 28.7. The molecule has 1 aromatic heterocycles. The zero-order valence-electron chi connectivity index (χ0n) is 23.0. The van der Waals surface area contributed by atoms with Crippen LogP contribution in [0, 0.1) is 0 Å². The number of ether oxygens (including phenoxy) is 2. The SMILES string of the molecule is CCCC1=C(C(=O)OCC)[C@@H](c2cc(Cl)ccc2OC)n2c(s/c(=C3\C(=O)N(C(C)C)c4ccccc43)c2=O)=N1. The van der Waals surface area contributed by atoms with Crippen LogP contribution in [-0.2, 0) is 14.3 Å². The van der Waals surface area contributed by atoms with E-state index in [1.807, 2.05) is 45.0 Å². The van der Waals surface area contributed by atoms with Crippen molar-refractivity contribution in [2.45, 2.75) is 52.6 Å². The molecule has 40 heavy (non-hydrogen) atoms. The number of esters is 1. The number of anilines is 1. The fourth-order valence-electron chi connectivity index (χ4n) is 5.36. The molecule has 0 aliphatic carbocycles. The number of hydrogen-bond acceptors (Lipinski definition) is 7. The van der Waals surface area contributed by atoms with Gasteiger partial charge in [-0.15, -0.1) is 0 Å². The van der Waals surface area contributed by atoms with Crippen LogP contribution >= 0.6 is 22.9 Å². The number of nitrogens with zero attached hydrogens (tertiary/aromatic N) is 3. The van der Waals surface area contributed by atoms with Crippen molar-refractivity contribution in [2.75, 3.05) is 18.6 Å². The second-order valence-corrected chi connectivity index (χ2v) is 11.2. The average Bonchev–Trinajstić information content (AvgIpc) is 3.40. The normalized spacial score (nSPS) is 17.6. The summed E-state index contributed by atoms with van der Waals surface area (Å²) in [6.45, 7) is 7.76. The minimum absolute atomic E-state index is 0.107. The smallest absolute Gasteiger partial charge is 0.338 e. The standard InChI is InChI=1S/C30H30ClN3O5S/c1-6-10-20-24(29(37)39-7-2)25(19-15-17(31)13-14-22(19)38-5)34-28(36)26(40-30(34)32-20)23-18-11-8-9-12-21(18)33(16(3)4)27(23)35/h8-9,11-16,25H,6-7,10H2,1-5H3/b26-23-/t25-/m1/s1. The van der Waals surface area contributed by atoms with E-state index in [9.17, 15) is 14.4 Å². The molecule has 10 heteroatoms. The van der Waals surface area contributed by atoms with Crippen LogP contribution in [0.5, 0.6) is 5.75 Å². The predicted octanol–water partition coefficient (Wildman–Crippen LogP) is 4.37. The number of rotatable bonds is 7. The first-order chi connectivity index (χ1) is 19.2. The van der Waals surface area contributed by atoms with Crippen molar-refractivity contribution in [3.63, 3.8) is 0 Å². The highest BCUT2D eigenvalue weighted by atomic mass is 35.5. The lowest BCUT2D eigenvalue weighted by Crippen LogP contribution is -2.41. The summed E-state index contributed by atoms with van der Waals surface area (Å²) in [4.78, 5) is 48.5. The predicted molar refractivity (Wildman–Crippen MR) is 156 cm³/mol. The van der Waals surface area contributed by atoms with E-state index in [1.165, 1.54) is 11.7 Å². The highest BCUT2D eigenvalue weighted by Crippen LogP contribution is 2.39. The number of amides is 1. The van der Waals surface area contributed by atoms with Crippen molar-refractivity contribution >= 4 is 46.1 Å². The third-order valence-corrected chi connectivity index (χ3v) is 8.25. The molecule has 5 rings (SSSR count). The Hall–Kier alpha value is -3.69. The van der Waals surface area contributed by atoms with Gasteiger partial charge in [-0.2, -0.15) is 0 Å². The Morgan fingerprint density at radius 1 is 1.15 bits per heavy atom. The Bertz CT molecular complexity index is 1740. The van der Waals surface area contributed by atoms with Crippen LogP contribution in [0.2, 0.25) is 5.02 Å². The number of fused-ring (bicyclic) bond motifs is 2. The summed E-state index contributed by atoms with van der Waals surface area (Å²) in [6.07, 6.45) is 1.21. The largest absolute Gasteiger partial charge is 0.496 e. The number of hydrogen-bond donors (Lipinski definition) is 0. The minimum Gasteiger partial charge on any atom is -0.496 e. The Morgan fingerprint density at radius 2 is 1.90 bits per heavy atom. The van der Waals surface area contributed by atoms with Crippen LogP contribution in [0.15, 0.2) is 63.5 Å². The van der Waals surface area contributed by atoms with Gasteiger partial charge in [0.1, 0.15) is 16.3 Å². The number of methoxy groups -OCH3 is 1. The van der Waals surface area contributed by atoms with Crippen LogP contribution in [0.4, 0.5) is 5.69 Å². The molecule has 3 heterocycles. The van der Waals surface area contributed by atoms with Crippen molar-refractivity contribution in [1.29, 1.82) is 0 Å². The highest BCUT2D eigenvalue weighted by molar-refractivity contribution is 7.07. The van der Waals surface area contributed by atoms with E-state index in [1.54, 1.807) is 30.0 Å². The molecule has 0 saturated heterocycles. The first-order valence-electron chi connectivity index (χ1n) is 13.2. The second-order valence-electron chi connectivity index (χ2n) is 9.78. The number of carbonyl (C=O) groups excluding carboxylic acids is 2. The van der Waals surface area contributed by atoms with E-state index in [0.717, 1.165) is 23.4 Å². The van der Waals surface area contributed by atoms with Gasteiger partial charge in [0, 0.05) is 22.2 Å². The third kappa shape index (κ3) is 4.47. The Labute approximate surface area is 240 Å². The molecule has 0 spiro atoms. The molecule has 8 nitrogen and oxygen atoms in total. The second kappa shape index (κ2) is 11.1.